The van der Waals surface area contributed by atoms with Crippen LogP contribution in [-0.2, 0) is 9.59 Å². The Morgan fingerprint density at radius 3 is 1.93 bits per heavy atom. The highest BCUT2D eigenvalue weighted by Gasteiger charge is 2.40. The summed E-state index contributed by atoms with van der Waals surface area (Å²) in [5, 5.41) is 3.13. The van der Waals surface area contributed by atoms with Crippen LogP contribution in [0.15, 0.2) is 54.2 Å². The molecule has 0 saturated heterocycles. The summed E-state index contributed by atoms with van der Waals surface area (Å²) in [5.41, 5.74) is 1.99. The summed E-state index contributed by atoms with van der Waals surface area (Å²) < 4.78 is 10.9. The summed E-state index contributed by atoms with van der Waals surface area (Å²) in [6.07, 6.45) is 0.0542. The lowest BCUT2D eigenvalue weighted by molar-refractivity contribution is -0.138. The number of anilines is 1. The van der Waals surface area contributed by atoms with Crippen molar-refractivity contribution in [3.05, 3.63) is 59.8 Å². The first-order valence-electron chi connectivity index (χ1n) is 9.62. The Morgan fingerprint density at radius 2 is 1.41 bits per heavy atom. The van der Waals surface area contributed by atoms with Gasteiger partial charge in [0.15, 0.2) is 0 Å². The summed E-state index contributed by atoms with van der Waals surface area (Å²) in [7, 11) is 1.59. The van der Waals surface area contributed by atoms with E-state index in [4.69, 9.17) is 9.47 Å². The summed E-state index contributed by atoms with van der Waals surface area (Å²) in [4.78, 5) is 27.4. The van der Waals surface area contributed by atoms with Crippen LogP contribution >= 0.6 is 0 Å². The van der Waals surface area contributed by atoms with Gasteiger partial charge < -0.3 is 14.8 Å². The summed E-state index contributed by atoms with van der Waals surface area (Å²) in [6, 6.07) is 14.2. The van der Waals surface area contributed by atoms with E-state index in [1.54, 1.807) is 43.5 Å². The summed E-state index contributed by atoms with van der Waals surface area (Å²) >= 11 is 0. The molecule has 0 bridgehead atoms. The van der Waals surface area contributed by atoms with E-state index in [0.717, 1.165) is 0 Å². The highest BCUT2D eigenvalue weighted by molar-refractivity contribution is 6.36. The lowest BCUT2D eigenvalue weighted by Gasteiger charge is -2.19. The minimum atomic E-state index is -0.335. The molecule has 6 heteroatoms. The van der Waals surface area contributed by atoms with E-state index in [0.29, 0.717) is 28.3 Å². The maximum Gasteiger partial charge on any atom is 0.278 e. The number of carbonyl (C=O) groups is 2. The number of nitrogens with zero attached hydrogens (tertiary/aromatic N) is 1. The van der Waals surface area contributed by atoms with Gasteiger partial charge in [0.1, 0.15) is 17.2 Å². The van der Waals surface area contributed by atoms with E-state index >= 15 is 0 Å². The monoisotopic (exact) mass is 394 g/mol. The zero-order chi connectivity index (χ0) is 21.1. The summed E-state index contributed by atoms with van der Waals surface area (Å²) in [6.45, 7) is 7.55. The van der Waals surface area contributed by atoms with Gasteiger partial charge in [-0.05, 0) is 69.7 Å². The number of amides is 2. The van der Waals surface area contributed by atoms with Gasteiger partial charge in [0.25, 0.3) is 11.8 Å². The Kier molecular flexibility index (Phi) is 5.92. The van der Waals surface area contributed by atoms with Crippen molar-refractivity contribution in [3.63, 3.8) is 0 Å². The number of nitrogens with one attached hydrogen (secondary N) is 1. The Balaban J connectivity index is 2.00. The van der Waals surface area contributed by atoms with Gasteiger partial charge in [0.05, 0.1) is 18.8 Å². The fourth-order valence-corrected chi connectivity index (χ4v) is 3.19. The van der Waals surface area contributed by atoms with Crippen molar-refractivity contribution in [2.24, 2.45) is 0 Å². The smallest absolute Gasteiger partial charge is 0.278 e. The molecule has 1 aliphatic rings. The molecule has 0 spiro atoms. The van der Waals surface area contributed by atoms with E-state index in [1.165, 1.54) is 4.90 Å². The van der Waals surface area contributed by atoms with Crippen molar-refractivity contribution >= 4 is 23.1 Å². The first-order chi connectivity index (χ1) is 13.8. The van der Waals surface area contributed by atoms with Crippen LogP contribution < -0.4 is 14.8 Å². The second-order valence-corrected chi connectivity index (χ2v) is 7.37. The average molecular weight is 394 g/mol. The van der Waals surface area contributed by atoms with E-state index in [-0.39, 0.29) is 29.7 Å². The van der Waals surface area contributed by atoms with Crippen LogP contribution in [0, 0.1) is 0 Å². The van der Waals surface area contributed by atoms with Crippen molar-refractivity contribution in [3.8, 4) is 11.5 Å². The number of imide groups is 1. The molecule has 0 atom stereocenters. The molecule has 0 fully saturated rings. The molecule has 0 aromatic heterocycles. The predicted octanol–water partition coefficient (Wildman–Crippen LogP) is 4.08. The average Bonchev–Trinajstić information content (AvgIpc) is 2.92. The normalized spacial score (nSPS) is 14.2. The third-order valence-corrected chi connectivity index (χ3v) is 4.51. The summed E-state index contributed by atoms with van der Waals surface area (Å²) in [5.74, 6) is 0.784. The van der Waals surface area contributed by atoms with Crippen molar-refractivity contribution in [2.75, 3.05) is 12.4 Å². The SMILES string of the molecule is COc1ccc(NC2=C(c3ccc(OC(C)C)cc3)C(=O)N(C(C)C)C2=O)cc1. The molecule has 0 saturated carbocycles. The number of hydrogen-bond acceptors (Lipinski definition) is 5. The van der Waals surface area contributed by atoms with Crippen LogP contribution in [0.3, 0.4) is 0 Å². The fraction of sp³-hybridized carbons (Fsp3) is 0.304. The van der Waals surface area contributed by atoms with Crippen LogP contribution in [0.1, 0.15) is 33.3 Å². The molecule has 0 aliphatic carbocycles. The first kappa shape index (κ1) is 20.5. The van der Waals surface area contributed by atoms with E-state index in [9.17, 15) is 9.59 Å². The zero-order valence-corrected chi connectivity index (χ0v) is 17.4. The van der Waals surface area contributed by atoms with Crippen molar-refractivity contribution in [1.82, 2.24) is 4.90 Å². The molecule has 1 N–H and O–H groups in total. The van der Waals surface area contributed by atoms with Crippen molar-refractivity contribution < 1.29 is 19.1 Å². The fourth-order valence-electron chi connectivity index (χ4n) is 3.19. The highest BCUT2D eigenvalue weighted by Crippen LogP contribution is 2.32. The van der Waals surface area contributed by atoms with Gasteiger partial charge in [-0.2, -0.15) is 0 Å². The van der Waals surface area contributed by atoms with Gasteiger partial charge in [0.2, 0.25) is 0 Å². The van der Waals surface area contributed by atoms with Crippen LogP contribution in [0.4, 0.5) is 5.69 Å². The third kappa shape index (κ3) is 4.26. The maximum absolute atomic E-state index is 13.1. The Morgan fingerprint density at radius 1 is 0.828 bits per heavy atom. The van der Waals surface area contributed by atoms with Gasteiger partial charge in [-0.1, -0.05) is 12.1 Å². The highest BCUT2D eigenvalue weighted by atomic mass is 16.5. The number of carbonyl (C=O) groups excluding carboxylic acids is 2. The standard InChI is InChI=1S/C23H26N2O4/c1-14(2)25-22(26)20(16-6-10-19(11-7-16)29-15(3)4)21(23(25)27)24-17-8-12-18(28-5)13-9-17/h6-15,24H,1-5H3. The van der Waals surface area contributed by atoms with Gasteiger partial charge in [0, 0.05) is 11.7 Å². The molecule has 152 valence electrons. The lowest BCUT2D eigenvalue weighted by atomic mass is 10.0. The molecular weight excluding hydrogens is 368 g/mol. The Bertz CT molecular complexity index is 928. The quantitative estimate of drug-likeness (QED) is 0.717. The second kappa shape index (κ2) is 8.39. The molecular formula is C23H26N2O4. The van der Waals surface area contributed by atoms with Crippen LogP contribution in [0.5, 0.6) is 11.5 Å². The number of hydrogen-bond donors (Lipinski definition) is 1. The van der Waals surface area contributed by atoms with Gasteiger partial charge >= 0.3 is 0 Å². The number of methoxy groups -OCH3 is 1. The van der Waals surface area contributed by atoms with E-state index in [2.05, 4.69) is 5.32 Å². The van der Waals surface area contributed by atoms with E-state index < -0.39 is 0 Å². The Hall–Kier alpha value is -3.28. The first-order valence-corrected chi connectivity index (χ1v) is 9.62. The molecule has 2 aromatic rings. The molecule has 0 unspecified atom stereocenters. The maximum atomic E-state index is 13.1. The molecule has 2 aromatic carbocycles. The molecule has 3 rings (SSSR count). The number of rotatable bonds is 7. The van der Waals surface area contributed by atoms with Gasteiger partial charge in [-0.15, -0.1) is 0 Å². The number of benzene rings is 2. The minimum absolute atomic E-state index is 0.0542. The third-order valence-electron chi connectivity index (χ3n) is 4.51. The molecule has 6 nitrogen and oxygen atoms in total. The van der Waals surface area contributed by atoms with Crippen LogP contribution in [-0.4, -0.2) is 36.0 Å². The zero-order valence-electron chi connectivity index (χ0n) is 17.4. The van der Waals surface area contributed by atoms with Gasteiger partial charge in [-0.3, -0.25) is 14.5 Å². The molecule has 0 radical (unpaired) electrons. The minimum Gasteiger partial charge on any atom is -0.497 e. The molecule has 1 aliphatic heterocycles. The van der Waals surface area contributed by atoms with Crippen LogP contribution in [0.2, 0.25) is 0 Å². The molecule has 1 heterocycles. The molecule has 2 amide bonds. The predicted molar refractivity (Wildman–Crippen MR) is 113 cm³/mol. The van der Waals surface area contributed by atoms with Crippen molar-refractivity contribution in [2.45, 2.75) is 39.8 Å². The van der Waals surface area contributed by atoms with Gasteiger partial charge in [-0.25, -0.2) is 0 Å². The van der Waals surface area contributed by atoms with E-state index in [1.807, 2.05) is 39.8 Å². The number of ether oxygens (including phenoxy) is 2. The van der Waals surface area contributed by atoms with Crippen LogP contribution in [0.25, 0.3) is 5.57 Å². The lowest BCUT2D eigenvalue weighted by Crippen LogP contribution is -2.38. The van der Waals surface area contributed by atoms with Crippen molar-refractivity contribution in [1.29, 1.82) is 0 Å². The largest absolute Gasteiger partial charge is 0.497 e. The Labute approximate surface area is 171 Å². The topological polar surface area (TPSA) is 67.9 Å². The molecule has 29 heavy (non-hydrogen) atoms. The second-order valence-electron chi connectivity index (χ2n) is 7.37.